The zero-order valence-electron chi connectivity index (χ0n) is 26.7. The van der Waals surface area contributed by atoms with Crippen LogP contribution >= 0.6 is 0 Å². The summed E-state index contributed by atoms with van der Waals surface area (Å²) in [4.78, 5) is 0. The number of hydrogen-bond acceptors (Lipinski definition) is 0. The van der Waals surface area contributed by atoms with Crippen molar-refractivity contribution in [2.45, 2.75) is 0 Å². The lowest BCUT2D eigenvalue weighted by atomic mass is 9.89. The van der Waals surface area contributed by atoms with E-state index in [1.165, 1.54) is 5.39 Å². The highest BCUT2D eigenvalue weighted by Gasteiger charge is 2.13. The summed E-state index contributed by atoms with van der Waals surface area (Å²) >= 11 is 0. The molecule has 42 heavy (non-hydrogen) atoms. The third kappa shape index (κ3) is 3.42. The van der Waals surface area contributed by atoms with E-state index in [0.717, 1.165) is 64.8 Å². The van der Waals surface area contributed by atoms with Gasteiger partial charge in [-0.2, -0.15) is 0 Å². The first-order valence-electron chi connectivity index (χ1n) is 16.3. The average Bonchev–Trinajstić information content (AvgIpc) is 3.10. The number of hydrogen-bond donors (Lipinski definition) is 0. The van der Waals surface area contributed by atoms with Gasteiger partial charge < -0.3 is 0 Å². The van der Waals surface area contributed by atoms with Gasteiger partial charge in [0.1, 0.15) is 0 Å². The van der Waals surface area contributed by atoms with E-state index in [1.54, 1.807) is 0 Å². The smallest absolute Gasteiger partial charge is 0.0616 e. The summed E-state index contributed by atoms with van der Waals surface area (Å²) in [5.41, 5.74) is 2.05. The molecule has 194 valence electrons. The van der Waals surface area contributed by atoms with Crippen LogP contribution in [0.3, 0.4) is 0 Å². The van der Waals surface area contributed by atoms with E-state index in [9.17, 15) is 5.48 Å². The van der Waals surface area contributed by atoms with E-state index in [-0.39, 0.29) is 24.2 Å². The highest BCUT2D eigenvalue weighted by atomic mass is 14.2. The fourth-order valence-corrected chi connectivity index (χ4v) is 6.73. The Morgan fingerprint density at radius 2 is 0.762 bits per heavy atom. The molecule has 0 atom stereocenters. The lowest BCUT2D eigenvalue weighted by Crippen LogP contribution is -1.88. The van der Waals surface area contributed by atoms with Gasteiger partial charge in [-0.15, -0.1) is 0 Å². The van der Waals surface area contributed by atoms with Crippen molar-refractivity contribution in [1.29, 1.82) is 0 Å². The van der Waals surface area contributed by atoms with Crippen molar-refractivity contribution >= 4 is 64.6 Å². The molecular formula is C42H26. The van der Waals surface area contributed by atoms with Crippen molar-refractivity contribution in [1.82, 2.24) is 0 Å². The van der Waals surface area contributed by atoms with E-state index in [2.05, 4.69) is 66.7 Å². The fraction of sp³-hybridized carbons (Fsp3) is 0. The highest BCUT2D eigenvalue weighted by molar-refractivity contribution is 6.26. The summed E-state index contributed by atoms with van der Waals surface area (Å²) < 4.78 is 37.4. The SMILES string of the molecule is [2H]c1c([2H])c(-c2c3ccccc3cc3c2ccc2ccccc23)c([2H])c([2H])c1-c1ccc2c3ccccc3c3ccccc3c2c1. The van der Waals surface area contributed by atoms with Crippen molar-refractivity contribution in [3.8, 4) is 22.3 Å². The summed E-state index contributed by atoms with van der Waals surface area (Å²) in [6.07, 6.45) is 0. The van der Waals surface area contributed by atoms with Gasteiger partial charge in [0.2, 0.25) is 0 Å². The largest absolute Gasteiger partial charge is 0.0629 e. The van der Waals surface area contributed by atoms with Crippen LogP contribution in [0.5, 0.6) is 0 Å². The van der Waals surface area contributed by atoms with Gasteiger partial charge in [-0.3, -0.25) is 0 Å². The van der Waals surface area contributed by atoms with Gasteiger partial charge in [-0.05, 0) is 99.0 Å². The molecule has 9 rings (SSSR count). The Labute approximate surface area is 249 Å². The minimum absolute atomic E-state index is 0.0368. The standard InChI is InChI=1S/C42H26/c1-3-11-32-28(9-1)21-24-39-40(32)26-31-10-2-4-12-33(31)42(39)29-19-17-27(18-20-29)30-22-23-38-36-15-6-5-13-34(36)35-14-7-8-16-37(35)41(38)25-30/h1-26H/i17D,18D,19D,20D. The number of rotatable bonds is 2. The predicted molar refractivity (Wildman–Crippen MR) is 182 cm³/mol. The minimum Gasteiger partial charge on any atom is -0.0616 e. The molecule has 0 unspecified atom stereocenters. The Balaban J connectivity index is 1.35. The van der Waals surface area contributed by atoms with Crippen LogP contribution in [-0.2, 0) is 0 Å². The summed E-state index contributed by atoms with van der Waals surface area (Å²) in [6.45, 7) is 0. The number of benzene rings is 9. The molecule has 0 aromatic heterocycles. The van der Waals surface area contributed by atoms with Gasteiger partial charge >= 0.3 is 0 Å². The minimum atomic E-state index is -0.0395. The Hall–Kier alpha value is -5.46. The topological polar surface area (TPSA) is 0 Å². The lowest BCUT2D eigenvalue weighted by molar-refractivity contribution is 1.64. The van der Waals surface area contributed by atoms with Gasteiger partial charge in [0.25, 0.3) is 0 Å². The van der Waals surface area contributed by atoms with E-state index >= 15 is 0 Å². The molecule has 0 nitrogen and oxygen atoms in total. The van der Waals surface area contributed by atoms with E-state index in [1.807, 2.05) is 66.7 Å². The van der Waals surface area contributed by atoms with Gasteiger partial charge in [0.05, 0.1) is 5.48 Å². The van der Waals surface area contributed by atoms with Crippen molar-refractivity contribution in [3.63, 3.8) is 0 Å². The summed E-state index contributed by atoms with van der Waals surface area (Å²) in [6, 6.07) is 45.1. The molecule has 0 aliphatic rings. The van der Waals surface area contributed by atoms with Crippen LogP contribution in [0.4, 0.5) is 0 Å². The maximum absolute atomic E-state index is 9.39. The molecule has 0 aliphatic carbocycles. The summed E-state index contributed by atoms with van der Waals surface area (Å²) in [5, 5.41) is 12.7. The third-order valence-electron chi connectivity index (χ3n) is 8.68. The maximum Gasteiger partial charge on any atom is 0.0629 e. The molecule has 0 fully saturated rings. The number of fused-ring (bicyclic) bond motifs is 10. The molecule has 0 bridgehead atoms. The second-order valence-electron chi connectivity index (χ2n) is 11.0. The molecule has 0 N–H and O–H groups in total. The van der Waals surface area contributed by atoms with E-state index in [0.29, 0.717) is 16.7 Å². The van der Waals surface area contributed by atoms with Crippen LogP contribution in [0.25, 0.3) is 86.9 Å². The molecule has 0 spiro atoms. The molecule has 0 saturated heterocycles. The fourth-order valence-electron chi connectivity index (χ4n) is 6.73. The van der Waals surface area contributed by atoms with Crippen LogP contribution in [0.1, 0.15) is 5.48 Å². The molecular weight excluding hydrogens is 504 g/mol. The monoisotopic (exact) mass is 534 g/mol. The molecule has 0 heterocycles. The molecule has 9 aromatic carbocycles. The van der Waals surface area contributed by atoms with Crippen LogP contribution in [0.2, 0.25) is 0 Å². The summed E-state index contributed by atoms with van der Waals surface area (Å²) in [5.74, 6) is 0. The van der Waals surface area contributed by atoms with Gasteiger partial charge in [-0.25, -0.2) is 0 Å². The van der Waals surface area contributed by atoms with Crippen LogP contribution in [-0.4, -0.2) is 0 Å². The zero-order chi connectivity index (χ0) is 31.1. The quantitative estimate of drug-likeness (QED) is 0.153. The molecule has 0 radical (unpaired) electrons. The van der Waals surface area contributed by atoms with Crippen molar-refractivity contribution in [3.05, 3.63) is 158 Å². The Kier molecular flexibility index (Phi) is 4.21. The van der Waals surface area contributed by atoms with Crippen molar-refractivity contribution < 1.29 is 5.48 Å². The predicted octanol–water partition coefficient (Wildman–Crippen LogP) is 11.9. The summed E-state index contributed by atoms with van der Waals surface area (Å²) in [7, 11) is 0. The first-order valence-corrected chi connectivity index (χ1v) is 14.3. The second kappa shape index (κ2) is 9.03. The van der Waals surface area contributed by atoms with Gasteiger partial charge in [0, 0.05) is 0 Å². The highest BCUT2D eigenvalue weighted by Crippen LogP contribution is 2.41. The van der Waals surface area contributed by atoms with Crippen molar-refractivity contribution in [2.75, 3.05) is 0 Å². The first-order chi connectivity index (χ1) is 22.5. The molecule has 9 aromatic rings. The van der Waals surface area contributed by atoms with Crippen LogP contribution in [0.15, 0.2) is 158 Å². The van der Waals surface area contributed by atoms with E-state index in [4.69, 9.17) is 0 Å². The molecule has 0 saturated carbocycles. The molecule has 0 amide bonds. The zero-order valence-corrected chi connectivity index (χ0v) is 22.7. The van der Waals surface area contributed by atoms with Crippen LogP contribution in [0, 0.1) is 0 Å². The first kappa shape index (κ1) is 19.6. The van der Waals surface area contributed by atoms with Crippen molar-refractivity contribution in [2.24, 2.45) is 0 Å². The second-order valence-corrected chi connectivity index (χ2v) is 11.0. The van der Waals surface area contributed by atoms with Gasteiger partial charge in [0.15, 0.2) is 0 Å². The average molecular weight is 535 g/mol. The molecule has 0 heteroatoms. The van der Waals surface area contributed by atoms with Gasteiger partial charge in [-0.1, -0.05) is 145 Å². The Morgan fingerprint density at radius 1 is 0.286 bits per heavy atom. The Morgan fingerprint density at radius 3 is 1.45 bits per heavy atom. The normalized spacial score (nSPS) is 13.1. The van der Waals surface area contributed by atoms with E-state index < -0.39 is 0 Å². The maximum atomic E-state index is 9.39. The molecule has 0 aliphatic heterocycles. The Bertz CT molecular complexity index is 2680. The third-order valence-corrected chi connectivity index (χ3v) is 8.68. The van der Waals surface area contributed by atoms with Crippen LogP contribution < -0.4 is 0 Å². The lowest BCUT2D eigenvalue weighted by Gasteiger charge is -2.15.